The number of oxazole rings is 1. The summed E-state index contributed by atoms with van der Waals surface area (Å²) in [6.45, 7) is 2.11. The minimum absolute atomic E-state index is 0.0840. The second kappa shape index (κ2) is 6.79. The van der Waals surface area contributed by atoms with Crippen molar-refractivity contribution in [3.05, 3.63) is 54.3 Å². The highest BCUT2D eigenvalue weighted by Gasteiger charge is 2.18. The van der Waals surface area contributed by atoms with Gasteiger partial charge in [-0.2, -0.15) is 0 Å². The zero-order valence-corrected chi connectivity index (χ0v) is 13.9. The van der Waals surface area contributed by atoms with Crippen molar-refractivity contribution in [3.63, 3.8) is 0 Å². The molecule has 0 saturated carbocycles. The first-order valence-corrected chi connectivity index (χ1v) is 7.96. The molecule has 0 fully saturated rings. The fourth-order valence-electron chi connectivity index (χ4n) is 2.45. The Balaban J connectivity index is 1.35. The quantitative estimate of drug-likeness (QED) is 0.696. The molecule has 1 amide bonds. The van der Waals surface area contributed by atoms with Crippen LogP contribution in [0.15, 0.2) is 41.3 Å². The van der Waals surface area contributed by atoms with E-state index in [9.17, 15) is 4.79 Å². The van der Waals surface area contributed by atoms with E-state index in [-0.39, 0.29) is 31.0 Å². The summed E-state index contributed by atoms with van der Waals surface area (Å²) in [5.74, 6) is 2.49. The Morgan fingerprint density at radius 3 is 3.12 bits per heavy atom. The number of imidazole rings is 1. The summed E-state index contributed by atoms with van der Waals surface area (Å²) < 4.78 is 21.4. The van der Waals surface area contributed by atoms with Crippen LogP contribution < -0.4 is 19.5 Å². The molecular weight excluding hydrogens is 340 g/mol. The van der Waals surface area contributed by atoms with Gasteiger partial charge in [-0.1, -0.05) is 0 Å². The minimum atomic E-state index is -0.355. The molecule has 1 aromatic carbocycles. The van der Waals surface area contributed by atoms with E-state index in [0.29, 0.717) is 29.0 Å². The van der Waals surface area contributed by atoms with Gasteiger partial charge in [0.05, 0.1) is 6.04 Å². The first-order chi connectivity index (χ1) is 12.7. The lowest BCUT2D eigenvalue weighted by Gasteiger charge is -2.09. The molecule has 9 nitrogen and oxygen atoms in total. The molecule has 2 N–H and O–H groups in total. The minimum Gasteiger partial charge on any atom is -0.484 e. The number of fused-ring (bicyclic) bond motifs is 1. The number of carbonyl (C=O) groups is 1. The van der Waals surface area contributed by atoms with Crippen LogP contribution in [0.25, 0.3) is 0 Å². The van der Waals surface area contributed by atoms with Crippen molar-refractivity contribution in [1.82, 2.24) is 20.3 Å². The fraction of sp³-hybridized carbons (Fsp3) is 0.235. The van der Waals surface area contributed by atoms with E-state index < -0.39 is 0 Å². The molecule has 0 unspecified atom stereocenters. The lowest BCUT2D eigenvalue weighted by atomic mass is 10.3. The molecule has 1 atom stereocenters. The SMILES string of the molecule is C[C@@H](NC(=O)c1coc(COc2ccc3c(c2)OCO3)n1)c1ncc[nH]1. The molecule has 3 heterocycles. The van der Waals surface area contributed by atoms with Crippen molar-refractivity contribution in [3.8, 4) is 17.2 Å². The maximum Gasteiger partial charge on any atom is 0.273 e. The lowest BCUT2D eigenvalue weighted by molar-refractivity contribution is 0.0933. The van der Waals surface area contributed by atoms with Gasteiger partial charge in [0.15, 0.2) is 23.8 Å². The van der Waals surface area contributed by atoms with E-state index in [1.807, 2.05) is 6.92 Å². The monoisotopic (exact) mass is 356 g/mol. The molecule has 0 bridgehead atoms. The van der Waals surface area contributed by atoms with Crippen molar-refractivity contribution in [2.24, 2.45) is 0 Å². The molecule has 0 saturated heterocycles. The second-order valence-corrected chi connectivity index (χ2v) is 5.60. The standard InChI is InChI=1S/C17H16N4O5/c1-10(16-18-4-5-19-16)20-17(22)12-7-24-15(21-12)8-23-11-2-3-13-14(6-11)26-9-25-13/h2-7,10H,8-9H2,1H3,(H,18,19)(H,20,22)/t10-/m1/s1. The largest absolute Gasteiger partial charge is 0.484 e. The molecule has 0 aliphatic carbocycles. The molecule has 1 aliphatic heterocycles. The number of carbonyl (C=O) groups excluding carboxylic acids is 1. The van der Waals surface area contributed by atoms with Crippen molar-refractivity contribution in [2.75, 3.05) is 6.79 Å². The van der Waals surface area contributed by atoms with Crippen molar-refractivity contribution in [1.29, 1.82) is 0 Å². The van der Waals surface area contributed by atoms with Crippen LogP contribution in [0, 0.1) is 0 Å². The summed E-state index contributed by atoms with van der Waals surface area (Å²) in [5, 5.41) is 2.79. The van der Waals surface area contributed by atoms with Crippen LogP contribution in [0.5, 0.6) is 17.2 Å². The molecule has 4 rings (SSSR count). The summed E-state index contributed by atoms with van der Waals surface area (Å²) in [4.78, 5) is 23.4. The summed E-state index contributed by atoms with van der Waals surface area (Å²) in [7, 11) is 0. The van der Waals surface area contributed by atoms with Gasteiger partial charge in [-0.25, -0.2) is 9.97 Å². The zero-order valence-electron chi connectivity index (χ0n) is 13.9. The number of nitrogens with one attached hydrogen (secondary N) is 2. The number of benzene rings is 1. The number of ether oxygens (including phenoxy) is 3. The maximum absolute atomic E-state index is 12.2. The van der Waals surface area contributed by atoms with Crippen LogP contribution >= 0.6 is 0 Å². The molecule has 1 aliphatic rings. The van der Waals surface area contributed by atoms with Gasteiger partial charge in [0.1, 0.15) is 17.8 Å². The third-order valence-corrected chi connectivity index (χ3v) is 3.77. The molecule has 0 radical (unpaired) electrons. The Morgan fingerprint density at radius 1 is 1.38 bits per heavy atom. The van der Waals surface area contributed by atoms with E-state index in [2.05, 4.69) is 20.3 Å². The van der Waals surface area contributed by atoms with Crippen LogP contribution in [0.1, 0.15) is 35.2 Å². The van der Waals surface area contributed by atoms with Gasteiger partial charge in [0.25, 0.3) is 5.91 Å². The van der Waals surface area contributed by atoms with E-state index in [1.165, 1.54) is 6.26 Å². The van der Waals surface area contributed by atoms with Crippen LogP contribution in [0.4, 0.5) is 0 Å². The Bertz CT molecular complexity index is 906. The topological polar surface area (TPSA) is 112 Å². The number of aromatic amines is 1. The lowest BCUT2D eigenvalue weighted by Crippen LogP contribution is -2.27. The Hall–Kier alpha value is -3.49. The molecule has 26 heavy (non-hydrogen) atoms. The average molecular weight is 356 g/mol. The number of H-pyrrole nitrogens is 1. The van der Waals surface area contributed by atoms with Crippen molar-refractivity contribution >= 4 is 5.91 Å². The average Bonchev–Trinajstić information content (AvgIpc) is 3.40. The van der Waals surface area contributed by atoms with Crippen molar-refractivity contribution < 1.29 is 23.4 Å². The highest BCUT2D eigenvalue weighted by atomic mass is 16.7. The normalized spacial score (nSPS) is 13.4. The van der Waals surface area contributed by atoms with Gasteiger partial charge in [0, 0.05) is 18.5 Å². The van der Waals surface area contributed by atoms with Gasteiger partial charge in [0.2, 0.25) is 12.7 Å². The second-order valence-electron chi connectivity index (χ2n) is 5.60. The zero-order chi connectivity index (χ0) is 17.9. The van der Waals surface area contributed by atoms with Gasteiger partial charge >= 0.3 is 0 Å². The molecule has 3 aromatic rings. The summed E-state index contributed by atoms with van der Waals surface area (Å²) in [6, 6.07) is 4.98. The van der Waals surface area contributed by atoms with Crippen LogP contribution in [0.3, 0.4) is 0 Å². The summed E-state index contributed by atoms with van der Waals surface area (Å²) >= 11 is 0. The van der Waals surface area contributed by atoms with E-state index in [0.717, 1.165) is 0 Å². The third kappa shape index (κ3) is 3.32. The molecule has 9 heteroatoms. The fourth-order valence-corrected chi connectivity index (χ4v) is 2.45. The Kier molecular flexibility index (Phi) is 4.18. The Morgan fingerprint density at radius 2 is 2.27 bits per heavy atom. The molecule has 0 spiro atoms. The highest BCUT2D eigenvalue weighted by molar-refractivity contribution is 5.92. The van der Waals surface area contributed by atoms with Gasteiger partial charge in [-0.3, -0.25) is 4.79 Å². The van der Waals surface area contributed by atoms with E-state index in [1.54, 1.807) is 30.6 Å². The number of aromatic nitrogens is 3. The van der Waals surface area contributed by atoms with E-state index >= 15 is 0 Å². The van der Waals surface area contributed by atoms with Crippen LogP contribution in [0.2, 0.25) is 0 Å². The smallest absolute Gasteiger partial charge is 0.273 e. The highest BCUT2D eigenvalue weighted by Crippen LogP contribution is 2.35. The third-order valence-electron chi connectivity index (χ3n) is 3.77. The van der Waals surface area contributed by atoms with Gasteiger partial charge in [-0.15, -0.1) is 0 Å². The molecule has 134 valence electrons. The first-order valence-electron chi connectivity index (χ1n) is 7.96. The molecular formula is C17H16N4O5. The number of hydrogen-bond donors (Lipinski definition) is 2. The van der Waals surface area contributed by atoms with Gasteiger partial charge in [-0.05, 0) is 19.1 Å². The predicted molar refractivity (Wildman–Crippen MR) is 87.9 cm³/mol. The van der Waals surface area contributed by atoms with Crippen molar-refractivity contribution in [2.45, 2.75) is 19.6 Å². The molecule has 2 aromatic heterocycles. The summed E-state index contributed by atoms with van der Waals surface area (Å²) in [5.41, 5.74) is 0.174. The van der Waals surface area contributed by atoms with Crippen LogP contribution in [-0.2, 0) is 6.61 Å². The first kappa shape index (κ1) is 16.0. The Labute approximate surface area is 148 Å². The number of nitrogens with zero attached hydrogens (tertiary/aromatic N) is 2. The maximum atomic E-state index is 12.2. The van der Waals surface area contributed by atoms with E-state index in [4.69, 9.17) is 18.6 Å². The summed E-state index contributed by atoms with van der Waals surface area (Å²) in [6.07, 6.45) is 4.61. The van der Waals surface area contributed by atoms with Crippen LogP contribution in [-0.4, -0.2) is 27.7 Å². The number of amides is 1. The number of hydrogen-bond acceptors (Lipinski definition) is 7. The predicted octanol–water partition coefficient (Wildman–Crippen LogP) is 2.20. The van der Waals surface area contributed by atoms with Gasteiger partial charge < -0.3 is 28.9 Å². The number of rotatable bonds is 6.